The van der Waals surface area contributed by atoms with E-state index in [-0.39, 0.29) is 19.5 Å². The van der Waals surface area contributed by atoms with Gasteiger partial charge < -0.3 is 98.6 Å². The second kappa shape index (κ2) is 14.1. The van der Waals surface area contributed by atoms with Crippen molar-refractivity contribution in [2.24, 2.45) is 34.4 Å². The predicted molar refractivity (Wildman–Crippen MR) is 138 cm³/mol. The highest BCUT2D eigenvalue weighted by molar-refractivity contribution is 5.02. The van der Waals surface area contributed by atoms with E-state index in [2.05, 4.69) is 0 Å². The fourth-order valence-electron chi connectivity index (χ4n) is 5.74. The minimum Gasteiger partial charge on any atom is -0.394 e. The molecule has 0 amide bonds. The van der Waals surface area contributed by atoms with Crippen molar-refractivity contribution in [2.45, 2.75) is 123 Å². The minimum atomic E-state index is -1.60. The van der Waals surface area contributed by atoms with Crippen molar-refractivity contribution in [2.75, 3.05) is 19.7 Å². The zero-order chi connectivity index (χ0) is 31.0. The second-order valence-electron chi connectivity index (χ2n) is 11.2. The van der Waals surface area contributed by atoms with Crippen LogP contribution in [0, 0.1) is 0 Å². The Morgan fingerprint density at radius 2 is 0.976 bits per heavy atom. The highest BCUT2D eigenvalue weighted by atomic mass is 16.8. The van der Waals surface area contributed by atoms with Crippen LogP contribution in [0.4, 0.5) is 0 Å². The zero-order valence-corrected chi connectivity index (χ0v) is 22.8. The van der Waals surface area contributed by atoms with E-state index < -0.39 is 123 Å². The van der Waals surface area contributed by atoms with Gasteiger partial charge in [-0.1, -0.05) is 0 Å². The number of ether oxygens (including phenoxy) is 6. The lowest BCUT2D eigenvalue weighted by Crippen LogP contribution is -2.68. The molecule has 19 heteroatoms. The number of nitrogens with two attached hydrogens (primary N) is 6. The Hall–Kier alpha value is -0.760. The van der Waals surface area contributed by atoms with Gasteiger partial charge in [-0.05, 0) is 6.42 Å². The van der Waals surface area contributed by atoms with Gasteiger partial charge in [0.25, 0.3) is 0 Å². The van der Waals surface area contributed by atoms with Crippen LogP contribution >= 0.6 is 0 Å². The van der Waals surface area contributed by atoms with E-state index in [0.29, 0.717) is 0 Å². The van der Waals surface area contributed by atoms with E-state index >= 15 is 0 Å². The van der Waals surface area contributed by atoms with Crippen LogP contribution < -0.4 is 34.4 Å². The Morgan fingerprint density at radius 3 is 1.45 bits per heavy atom. The summed E-state index contributed by atoms with van der Waals surface area (Å²) in [5.41, 5.74) is 35.6. The van der Waals surface area contributed by atoms with Crippen LogP contribution in [0.1, 0.15) is 6.42 Å². The molecule has 42 heavy (non-hydrogen) atoms. The Morgan fingerprint density at radius 1 is 0.524 bits per heavy atom. The topological polar surface area (TPSA) is 353 Å². The zero-order valence-electron chi connectivity index (χ0n) is 22.8. The number of hydrogen-bond donors (Lipinski definition) is 13. The highest BCUT2D eigenvalue weighted by Gasteiger charge is 2.54. The molecule has 0 aromatic heterocycles. The van der Waals surface area contributed by atoms with Crippen molar-refractivity contribution in [1.82, 2.24) is 0 Å². The largest absolute Gasteiger partial charge is 0.394 e. The van der Waals surface area contributed by atoms with Gasteiger partial charge in [0.1, 0.15) is 67.1 Å². The quantitative estimate of drug-likeness (QED) is 0.115. The lowest BCUT2D eigenvalue weighted by atomic mass is 9.84. The van der Waals surface area contributed by atoms with Crippen molar-refractivity contribution in [3.63, 3.8) is 0 Å². The summed E-state index contributed by atoms with van der Waals surface area (Å²) >= 11 is 0. The van der Waals surface area contributed by atoms with Gasteiger partial charge in [-0.15, -0.1) is 0 Å². The summed E-state index contributed by atoms with van der Waals surface area (Å²) in [7, 11) is 0. The van der Waals surface area contributed by atoms with Gasteiger partial charge in [0, 0.05) is 25.2 Å². The van der Waals surface area contributed by atoms with Gasteiger partial charge in [0.05, 0.1) is 24.8 Å². The van der Waals surface area contributed by atoms with Crippen molar-refractivity contribution in [1.29, 1.82) is 0 Å². The minimum absolute atomic E-state index is 0.0889. The molecule has 0 aromatic rings. The van der Waals surface area contributed by atoms with E-state index in [9.17, 15) is 35.7 Å². The van der Waals surface area contributed by atoms with Crippen molar-refractivity contribution in [3.05, 3.63) is 0 Å². The van der Waals surface area contributed by atoms with Gasteiger partial charge in [-0.2, -0.15) is 0 Å². The summed E-state index contributed by atoms with van der Waals surface area (Å²) in [5.74, 6) is 0. The monoisotopic (exact) mass is 614 g/mol. The van der Waals surface area contributed by atoms with Crippen LogP contribution in [0.15, 0.2) is 0 Å². The molecular formula is C23H46N6O13. The van der Waals surface area contributed by atoms with Gasteiger partial charge >= 0.3 is 0 Å². The predicted octanol–water partition coefficient (Wildman–Crippen LogP) is -8.90. The van der Waals surface area contributed by atoms with E-state index in [4.69, 9.17) is 62.8 Å². The maximum absolute atomic E-state index is 11.1. The van der Waals surface area contributed by atoms with E-state index in [1.807, 2.05) is 0 Å². The number of rotatable bonds is 9. The van der Waals surface area contributed by atoms with Crippen molar-refractivity contribution < 1.29 is 64.2 Å². The molecule has 1 saturated carbocycles. The number of aliphatic hydroxyl groups excluding tert-OH is 7. The molecule has 19 N–H and O–H groups in total. The van der Waals surface area contributed by atoms with Crippen LogP contribution in [0.5, 0.6) is 0 Å². The van der Waals surface area contributed by atoms with Gasteiger partial charge in [0.15, 0.2) is 18.9 Å². The maximum atomic E-state index is 11.1. The van der Waals surface area contributed by atoms with Crippen molar-refractivity contribution in [3.8, 4) is 0 Å². The van der Waals surface area contributed by atoms with Crippen LogP contribution in [0.2, 0.25) is 0 Å². The van der Waals surface area contributed by atoms with Crippen LogP contribution in [-0.4, -0.2) is 172 Å². The number of aliphatic hydroxyl groups is 7. The third-order valence-corrected chi connectivity index (χ3v) is 8.37. The summed E-state index contributed by atoms with van der Waals surface area (Å²) < 4.78 is 34.6. The third kappa shape index (κ3) is 6.60. The molecule has 0 bridgehead atoms. The first-order chi connectivity index (χ1) is 19.8. The average molecular weight is 615 g/mol. The van der Waals surface area contributed by atoms with Crippen LogP contribution in [0.3, 0.4) is 0 Å². The van der Waals surface area contributed by atoms with Crippen molar-refractivity contribution >= 4 is 0 Å². The smallest absolute Gasteiger partial charge is 0.187 e. The molecule has 19 atom stereocenters. The normalized spacial score (nSPS) is 53.8. The van der Waals surface area contributed by atoms with Gasteiger partial charge in [-0.25, -0.2) is 0 Å². The molecular weight excluding hydrogens is 568 g/mol. The lowest BCUT2D eigenvalue weighted by Gasteiger charge is -2.47. The Balaban J connectivity index is 1.50. The molecule has 246 valence electrons. The van der Waals surface area contributed by atoms with Gasteiger partial charge in [0.2, 0.25) is 0 Å². The molecule has 19 nitrogen and oxygen atoms in total. The lowest BCUT2D eigenvalue weighted by molar-refractivity contribution is -0.306. The fraction of sp³-hybridized carbons (Fsp3) is 1.00. The van der Waals surface area contributed by atoms with E-state index in [0.717, 1.165) is 0 Å². The summed E-state index contributed by atoms with van der Waals surface area (Å²) in [5, 5.41) is 73.0. The molecule has 4 fully saturated rings. The first-order valence-corrected chi connectivity index (χ1v) is 13.9. The Kier molecular flexibility index (Phi) is 11.5. The van der Waals surface area contributed by atoms with Gasteiger partial charge in [-0.3, -0.25) is 0 Å². The SMILES string of the molecule is NC[C@@H]1O[C@H](O[C@@H]2[C@@H](CO)OC(O[C@@H]3[C@@H](O)[C@H](N)C[C@H](N)[C@H]3O[C@H]3O[C@H](CN)[C@@H](O)[C@H](O)[C@H]3N)[C@@H]2O)[C@H](N)[C@@H](O)[C@@H]1O. The summed E-state index contributed by atoms with van der Waals surface area (Å²) in [6.45, 7) is -0.967. The molecule has 0 aromatic carbocycles. The average Bonchev–Trinajstić information content (AvgIpc) is 3.27. The standard InChI is InChI=1S/C23H46N6O13/c24-2-7-13(32)15(34)10(28)21(37-7)40-18-6(27)1-5(26)12(31)20(18)42-23-17(36)19(9(4-30)39-23)41-22-11(29)16(35)14(33)8(3-25)38-22/h5-23,30-36H,1-4,24-29H2/t5-,6+,7-,8+,9-,10-,11-,12+,13-,14-,15-,16-,17-,18-,19-,20-,21-,22-,23?/m1/s1. The molecule has 0 spiro atoms. The summed E-state index contributed by atoms with van der Waals surface area (Å²) in [4.78, 5) is 0. The molecule has 0 radical (unpaired) electrons. The first-order valence-electron chi connectivity index (χ1n) is 13.9. The van der Waals surface area contributed by atoms with E-state index in [1.54, 1.807) is 0 Å². The third-order valence-electron chi connectivity index (χ3n) is 8.37. The van der Waals surface area contributed by atoms with E-state index in [1.165, 1.54) is 0 Å². The van der Waals surface area contributed by atoms with Crippen LogP contribution in [0.25, 0.3) is 0 Å². The first kappa shape index (κ1) is 34.1. The molecule has 1 aliphatic carbocycles. The molecule has 3 saturated heterocycles. The van der Waals surface area contributed by atoms with Crippen LogP contribution in [-0.2, 0) is 28.4 Å². The molecule has 4 aliphatic rings. The summed E-state index contributed by atoms with van der Waals surface area (Å²) in [6, 6.07) is -4.18. The molecule has 4 rings (SSSR count). The molecule has 1 unspecified atom stereocenters. The summed E-state index contributed by atoms with van der Waals surface area (Å²) in [6.07, 6.45) is -19.8. The Bertz CT molecular complexity index is 868. The molecule has 3 aliphatic heterocycles. The fourth-order valence-corrected chi connectivity index (χ4v) is 5.74. The number of hydrogen-bond acceptors (Lipinski definition) is 19. The molecule has 3 heterocycles. The maximum Gasteiger partial charge on any atom is 0.187 e. The Labute approximate surface area is 241 Å². The highest BCUT2D eigenvalue weighted by Crippen LogP contribution is 2.34. The second-order valence-corrected chi connectivity index (χ2v) is 11.2.